The van der Waals surface area contributed by atoms with Crippen LogP contribution in [0.15, 0.2) is 18.3 Å². The Morgan fingerprint density at radius 1 is 1.64 bits per heavy atom. The van der Waals surface area contributed by atoms with Crippen LogP contribution in [-0.4, -0.2) is 11.0 Å². The van der Waals surface area contributed by atoms with Crippen molar-refractivity contribution in [3.63, 3.8) is 0 Å². The molecule has 1 heterocycles. The molecular formula is C11H15N3. The summed E-state index contributed by atoms with van der Waals surface area (Å²) in [6.45, 7) is 4.26. The van der Waals surface area contributed by atoms with Gasteiger partial charge in [-0.3, -0.25) is 4.98 Å². The van der Waals surface area contributed by atoms with E-state index in [1.807, 2.05) is 12.1 Å². The third-order valence-electron chi connectivity index (χ3n) is 2.10. The van der Waals surface area contributed by atoms with Gasteiger partial charge in [-0.1, -0.05) is 6.92 Å². The van der Waals surface area contributed by atoms with Crippen LogP contribution in [-0.2, 0) is 6.42 Å². The van der Waals surface area contributed by atoms with Gasteiger partial charge in [0.15, 0.2) is 0 Å². The third-order valence-corrected chi connectivity index (χ3v) is 2.10. The molecule has 0 aliphatic carbocycles. The van der Waals surface area contributed by atoms with E-state index in [2.05, 4.69) is 30.2 Å². The van der Waals surface area contributed by atoms with Crippen LogP contribution in [0.25, 0.3) is 0 Å². The quantitative estimate of drug-likeness (QED) is 0.791. The van der Waals surface area contributed by atoms with Crippen molar-refractivity contribution in [3.8, 4) is 6.07 Å². The van der Waals surface area contributed by atoms with Crippen LogP contribution >= 0.6 is 0 Å². The predicted molar refractivity (Wildman–Crippen MR) is 56.9 cm³/mol. The van der Waals surface area contributed by atoms with Crippen LogP contribution < -0.4 is 5.32 Å². The zero-order valence-electron chi connectivity index (χ0n) is 8.62. The summed E-state index contributed by atoms with van der Waals surface area (Å²) in [6.07, 6.45) is 3.18. The van der Waals surface area contributed by atoms with Crippen molar-refractivity contribution in [2.75, 3.05) is 5.32 Å². The number of anilines is 1. The second kappa shape index (κ2) is 5.23. The summed E-state index contributed by atoms with van der Waals surface area (Å²) < 4.78 is 0. The zero-order valence-corrected chi connectivity index (χ0v) is 8.62. The first kappa shape index (κ1) is 10.5. The topological polar surface area (TPSA) is 48.7 Å². The SMILES string of the molecule is CCC(C)Nc1ccnc(CC#N)c1. The second-order valence-corrected chi connectivity index (χ2v) is 3.32. The summed E-state index contributed by atoms with van der Waals surface area (Å²) in [5.74, 6) is 0. The third kappa shape index (κ3) is 3.06. The molecule has 3 heteroatoms. The Morgan fingerprint density at radius 2 is 2.43 bits per heavy atom. The van der Waals surface area contributed by atoms with Crippen LogP contribution in [0.4, 0.5) is 5.69 Å². The number of aromatic nitrogens is 1. The minimum Gasteiger partial charge on any atom is -0.383 e. The van der Waals surface area contributed by atoms with Crippen LogP contribution in [0.2, 0.25) is 0 Å². The molecule has 0 saturated carbocycles. The standard InChI is InChI=1S/C11H15N3/c1-3-9(2)14-11-5-7-13-10(8-11)4-6-12/h5,7-9H,3-4H2,1-2H3,(H,13,14). The van der Waals surface area contributed by atoms with Gasteiger partial charge in [-0.25, -0.2) is 0 Å². The highest BCUT2D eigenvalue weighted by Crippen LogP contribution is 2.10. The number of nitriles is 1. The lowest BCUT2D eigenvalue weighted by Gasteiger charge is -2.12. The Morgan fingerprint density at radius 3 is 3.07 bits per heavy atom. The Balaban J connectivity index is 2.69. The van der Waals surface area contributed by atoms with E-state index < -0.39 is 0 Å². The number of hydrogen-bond acceptors (Lipinski definition) is 3. The maximum atomic E-state index is 8.53. The smallest absolute Gasteiger partial charge is 0.0775 e. The minimum absolute atomic E-state index is 0.371. The van der Waals surface area contributed by atoms with Gasteiger partial charge in [0, 0.05) is 17.9 Å². The average Bonchev–Trinajstić information content (AvgIpc) is 2.19. The van der Waals surface area contributed by atoms with E-state index in [0.717, 1.165) is 17.8 Å². The highest BCUT2D eigenvalue weighted by Gasteiger charge is 2.00. The molecule has 0 amide bonds. The van der Waals surface area contributed by atoms with Crippen LogP contribution in [0.3, 0.4) is 0 Å². The van der Waals surface area contributed by atoms with Gasteiger partial charge in [-0.15, -0.1) is 0 Å². The molecule has 14 heavy (non-hydrogen) atoms. The fourth-order valence-electron chi connectivity index (χ4n) is 1.13. The molecule has 0 aromatic carbocycles. The molecule has 0 aliphatic rings. The van der Waals surface area contributed by atoms with E-state index in [1.54, 1.807) is 6.20 Å². The van der Waals surface area contributed by atoms with E-state index in [0.29, 0.717) is 12.5 Å². The van der Waals surface area contributed by atoms with Crippen LogP contribution in [0.1, 0.15) is 26.0 Å². The lowest BCUT2D eigenvalue weighted by Crippen LogP contribution is -2.13. The molecule has 0 aliphatic heterocycles. The van der Waals surface area contributed by atoms with Crippen molar-refractivity contribution in [3.05, 3.63) is 24.0 Å². The van der Waals surface area contributed by atoms with E-state index in [1.165, 1.54) is 0 Å². The van der Waals surface area contributed by atoms with Crippen molar-refractivity contribution < 1.29 is 0 Å². The number of nitrogens with zero attached hydrogens (tertiary/aromatic N) is 2. The monoisotopic (exact) mass is 189 g/mol. The lowest BCUT2D eigenvalue weighted by molar-refractivity contribution is 0.763. The Hall–Kier alpha value is -1.56. The molecule has 0 spiro atoms. The van der Waals surface area contributed by atoms with Gasteiger partial charge in [0.1, 0.15) is 0 Å². The molecule has 0 fully saturated rings. The summed E-state index contributed by atoms with van der Waals surface area (Å²) in [5.41, 5.74) is 1.86. The predicted octanol–water partition coefficient (Wildman–Crippen LogP) is 2.36. The van der Waals surface area contributed by atoms with Gasteiger partial charge in [0.25, 0.3) is 0 Å². The number of nitrogens with one attached hydrogen (secondary N) is 1. The molecule has 1 atom stereocenters. The number of pyridine rings is 1. The van der Waals surface area contributed by atoms with Gasteiger partial charge < -0.3 is 5.32 Å². The summed E-state index contributed by atoms with van der Waals surface area (Å²) in [5, 5.41) is 11.9. The van der Waals surface area contributed by atoms with Gasteiger partial charge >= 0.3 is 0 Å². The number of rotatable bonds is 4. The average molecular weight is 189 g/mol. The van der Waals surface area contributed by atoms with Crippen LogP contribution in [0.5, 0.6) is 0 Å². The summed E-state index contributed by atoms with van der Waals surface area (Å²) in [4.78, 5) is 4.10. The second-order valence-electron chi connectivity index (χ2n) is 3.32. The van der Waals surface area contributed by atoms with E-state index in [4.69, 9.17) is 5.26 Å². The molecule has 1 N–H and O–H groups in total. The summed E-state index contributed by atoms with van der Waals surface area (Å²) >= 11 is 0. The summed E-state index contributed by atoms with van der Waals surface area (Å²) in [6, 6.07) is 6.39. The Bertz CT molecular complexity index is 328. The minimum atomic E-state index is 0.371. The van der Waals surface area contributed by atoms with Crippen molar-refractivity contribution in [2.45, 2.75) is 32.7 Å². The lowest BCUT2D eigenvalue weighted by atomic mass is 10.2. The molecule has 1 aromatic rings. The Labute approximate surface area is 84.8 Å². The van der Waals surface area contributed by atoms with Gasteiger partial charge in [-0.2, -0.15) is 5.26 Å². The largest absolute Gasteiger partial charge is 0.383 e. The van der Waals surface area contributed by atoms with Gasteiger partial charge in [0.05, 0.1) is 18.2 Å². The Kier molecular flexibility index (Phi) is 3.93. The molecule has 0 bridgehead atoms. The maximum absolute atomic E-state index is 8.53. The first-order chi connectivity index (χ1) is 6.76. The normalized spacial score (nSPS) is 11.8. The van der Waals surface area contributed by atoms with Crippen LogP contribution in [0, 0.1) is 11.3 Å². The van der Waals surface area contributed by atoms with Crippen molar-refractivity contribution >= 4 is 5.69 Å². The molecule has 1 rings (SSSR count). The molecule has 3 nitrogen and oxygen atoms in total. The molecule has 1 aromatic heterocycles. The molecule has 74 valence electrons. The van der Waals surface area contributed by atoms with E-state index in [-0.39, 0.29) is 0 Å². The fraction of sp³-hybridized carbons (Fsp3) is 0.455. The van der Waals surface area contributed by atoms with E-state index in [9.17, 15) is 0 Å². The van der Waals surface area contributed by atoms with Crippen molar-refractivity contribution in [1.82, 2.24) is 4.98 Å². The first-order valence-electron chi connectivity index (χ1n) is 4.84. The van der Waals surface area contributed by atoms with Gasteiger partial charge in [0.2, 0.25) is 0 Å². The highest BCUT2D eigenvalue weighted by atomic mass is 14.9. The molecule has 0 saturated heterocycles. The summed E-state index contributed by atoms with van der Waals surface area (Å²) in [7, 11) is 0. The zero-order chi connectivity index (χ0) is 10.4. The molecule has 0 radical (unpaired) electrons. The number of hydrogen-bond donors (Lipinski definition) is 1. The molecule has 1 unspecified atom stereocenters. The fourth-order valence-corrected chi connectivity index (χ4v) is 1.13. The van der Waals surface area contributed by atoms with Gasteiger partial charge in [-0.05, 0) is 25.5 Å². The maximum Gasteiger partial charge on any atom is 0.0775 e. The highest BCUT2D eigenvalue weighted by molar-refractivity contribution is 5.44. The van der Waals surface area contributed by atoms with Crippen molar-refractivity contribution in [1.29, 1.82) is 5.26 Å². The van der Waals surface area contributed by atoms with E-state index >= 15 is 0 Å². The molecular weight excluding hydrogens is 174 g/mol. The first-order valence-corrected chi connectivity index (χ1v) is 4.84. The van der Waals surface area contributed by atoms with Crippen molar-refractivity contribution in [2.24, 2.45) is 0 Å².